The van der Waals surface area contributed by atoms with Crippen LogP contribution >= 0.6 is 0 Å². The van der Waals surface area contributed by atoms with Crippen LogP contribution in [0.25, 0.3) is 10.8 Å². The number of amides is 1. The fourth-order valence-electron chi connectivity index (χ4n) is 3.67. The zero-order valence-corrected chi connectivity index (χ0v) is 17.4. The second-order valence-corrected chi connectivity index (χ2v) is 7.18. The highest BCUT2D eigenvalue weighted by molar-refractivity contribution is 6.02. The van der Waals surface area contributed by atoms with Crippen LogP contribution < -0.4 is 10.2 Å². The molecule has 0 aliphatic rings. The predicted octanol–water partition coefficient (Wildman–Crippen LogP) is 5.13. The van der Waals surface area contributed by atoms with E-state index < -0.39 is 5.92 Å². The summed E-state index contributed by atoms with van der Waals surface area (Å²) in [7, 11) is 0. The van der Waals surface area contributed by atoms with Crippen LogP contribution in [0.3, 0.4) is 0 Å². The van der Waals surface area contributed by atoms with Gasteiger partial charge in [-0.15, -0.1) is 6.42 Å². The van der Waals surface area contributed by atoms with E-state index in [0.29, 0.717) is 5.75 Å². The van der Waals surface area contributed by atoms with Gasteiger partial charge in [-0.3, -0.25) is 4.79 Å². The van der Waals surface area contributed by atoms with Gasteiger partial charge in [0.1, 0.15) is 12.4 Å². The van der Waals surface area contributed by atoms with Gasteiger partial charge in [-0.05, 0) is 28.0 Å². The van der Waals surface area contributed by atoms with Crippen molar-refractivity contribution in [1.82, 2.24) is 5.43 Å². The van der Waals surface area contributed by atoms with Crippen LogP contribution in [0.15, 0.2) is 102 Å². The number of ether oxygens (including phenoxy) is 1. The third-order valence-electron chi connectivity index (χ3n) is 5.14. The fourth-order valence-corrected chi connectivity index (χ4v) is 3.67. The number of carbonyl (C=O) groups excluding carboxylic acids is 1. The van der Waals surface area contributed by atoms with Crippen molar-refractivity contribution in [2.24, 2.45) is 5.10 Å². The Bertz CT molecular complexity index is 1240. The quantitative estimate of drug-likeness (QED) is 0.257. The van der Waals surface area contributed by atoms with Gasteiger partial charge in [-0.1, -0.05) is 96.9 Å². The summed E-state index contributed by atoms with van der Waals surface area (Å²) in [5.74, 6) is 2.40. The second-order valence-electron chi connectivity index (χ2n) is 7.18. The highest BCUT2D eigenvalue weighted by Crippen LogP contribution is 2.27. The van der Waals surface area contributed by atoms with E-state index in [4.69, 9.17) is 11.2 Å². The lowest BCUT2D eigenvalue weighted by atomic mass is 9.91. The Kier molecular flexibility index (Phi) is 6.60. The highest BCUT2D eigenvalue weighted by atomic mass is 16.5. The van der Waals surface area contributed by atoms with Gasteiger partial charge in [0.25, 0.3) is 5.91 Å². The smallest absolute Gasteiger partial charge is 0.252 e. The van der Waals surface area contributed by atoms with Gasteiger partial charge in [0.15, 0.2) is 0 Å². The number of nitrogens with zero attached hydrogens (tertiary/aromatic N) is 1. The predicted molar refractivity (Wildman–Crippen MR) is 129 cm³/mol. The summed E-state index contributed by atoms with van der Waals surface area (Å²) < 4.78 is 5.70. The molecule has 0 radical (unpaired) electrons. The maximum atomic E-state index is 13.2. The van der Waals surface area contributed by atoms with E-state index in [-0.39, 0.29) is 12.5 Å². The van der Waals surface area contributed by atoms with E-state index in [1.807, 2.05) is 97.1 Å². The Hall–Kier alpha value is -4.36. The molecule has 0 unspecified atom stereocenters. The third kappa shape index (κ3) is 4.69. The van der Waals surface area contributed by atoms with Crippen LogP contribution in [0.2, 0.25) is 0 Å². The van der Waals surface area contributed by atoms with E-state index in [1.165, 1.54) is 0 Å². The van der Waals surface area contributed by atoms with Gasteiger partial charge in [-0.2, -0.15) is 5.10 Å². The van der Waals surface area contributed by atoms with Gasteiger partial charge in [0.2, 0.25) is 0 Å². The van der Waals surface area contributed by atoms with Crippen molar-refractivity contribution in [3.05, 3.63) is 114 Å². The number of hydrogen-bond acceptors (Lipinski definition) is 3. The number of fused-ring (bicyclic) bond motifs is 1. The zero-order valence-electron chi connectivity index (χ0n) is 17.4. The second kappa shape index (κ2) is 10.1. The summed E-state index contributed by atoms with van der Waals surface area (Å²) in [6.45, 7) is 0.148. The van der Waals surface area contributed by atoms with Crippen molar-refractivity contribution in [2.45, 2.75) is 5.92 Å². The van der Waals surface area contributed by atoms with Crippen LogP contribution in [0.5, 0.6) is 5.75 Å². The first kappa shape index (κ1) is 20.9. The Balaban J connectivity index is 1.63. The topological polar surface area (TPSA) is 50.7 Å². The maximum absolute atomic E-state index is 13.2. The largest absolute Gasteiger partial charge is 0.480 e. The van der Waals surface area contributed by atoms with Crippen LogP contribution in [0.1, 0.15) is 22.6 Å². The molecule has 0 aliphatic heterocycles. The number of carbonyl (C=O) groups is 1. The first-order valence-electron chi connectivity index (χ1n) is 10.3. The molecule has 4 heteroatoms. The lowest BCUT2D eigenvalue weighted by molar-refractivity contribution is -0.121. The van der Waals surface area contributed by atoms with Crippen molar-refractivity contribution in [1.29, 1.82) is 0 Å². The number of terminal acetylenes is 1. The Morgan fingerprint density at radius 1 is 0.906 bits per heavy atom. The molecule has 156 valence electrons. The van der Waals surface area contributed by atoms with Crippen LogP contribution in [0, 0.1) is 12.3 Å². The van der Waals surface area contributed by atoms with E-state index in [9.17, 15) is 4.79 Å². The van der Waals surface area contributed by atoms with E-state index in [2.05, 4.69) is 16.4 Å². The summed E-state index contributed by atoms with van der Waals surface area (Å²) in [5, 5.41) is 6.28. The Labute approximate surface area is 187 Å². The van der Waals surface area contributed by atoms with Gasteiger partial charge < -0.3 is 4.74 Å². The summed E-state index contributed by atoms with van der Waals surface area (Å²) >= 11 is 0. The average Bonchev–Trinajstić information content (AvgIpc) is 2.85. The molecule has 0 saturated carbocycles. The highest BCUT2D eigenvalue weighted by Gasteiger charge is 2.22. The molecule has 0 aromatic heterocycles. The zero-order chi connectivity index (χ0) is 22.2. The molecule has 4 aromatic carbocycles. The van der Waals surface area contributed by atoms with Gasteiger partial charge >= 0.3 is 0 Å². The van der Waals surface area contributed by atoms with Crippen LogP contribution in [0.4, 0.5) is 0 Å². The fraction of sp³-hybridized carbons (Fsp3) is 0.0714. The summed E-state index contributed by atoms with van der Waals surface area (Å²) in [6.07, 6.45) is 6.97. The molecule has 32 heavy (non-hydrogen) atoms. The van der Waals surface area contributed by atoms with Crippen molar-refractivity contribution in [2.75, 3.05) is 6.61 Å². The molecular formula is C28H22N2O2. The van der Waals surface area contributed by atoms with Gasteiger partial charge in [-0.25, -0.2) is 5.43 Å². The number of benzene rings is 4. The van der Waals surface area contributed by atoms with Crippen molar-refractivity contribution in [3.8, 4) is 18.1 Å². The van der Waals surface area contributed by atoms with Gasteiger partial charge in [0, 0.05) is 5.56 Å². The third-order valence-corrected chi connectivity index (χ3v) is 5.14. The molecule has 0 spiro atoms. The molecular weight excluding hydrogens is 396 g/mol. The SMILES string of the molecule is C#CCOc1ccc2ccccc2c1/C=N\NC(=O)C(c1ccccc1)c1ccccc1. The summed E-state index contributed by atoms with van der Waals surface area (Å²) in [6, 6.07) is 31.1. The first-order chi connectivity index (χ1) is 15.8. The normalized spacial score (nSPS) is 10.9. The Morgan fingerprint density at radius 2 is 1.53 bits per heavy atom. The molecule has 0 bridgehead atoms. The molecule has 0 saturated heterocycles. The molecule has 1 amide bonds. The number of hydrogen-bond donors (Lipinski definition) is 1. The number of rotatable bonds is 7. The minimum Gasteiger partial charge on any atom is -0.480 e. The molecule has 0 atom stereocenters. The molecule has 4 rings (SSSR count). The van der Waals surface area contributed by atoms with Crippen LogP contribution in [-0.4, -0.2) is 18.7 Å². The monoisotopic (exact) mass is 418 g/mol. The van der Waals surface area contributed by atoms with E-state index in [1.54, 1.807) is 6.21 Å². The van der Waals surface area contributed by atoms with Crippen LogP contribution in [-0.2, 0) is 4.79 Å². The molecule has 1 N–H and O–H groups in total. The molecule has 0 fully saturated rings. The minimum absolute atomic E-state index is 0.148. The lowest BCUT2D eigenvalue weighted by Gasteiger charge is -2.16. The van der Waals surface area contributed by atoms with Crippen molar-refractivity contribution in [3.63, 3.8) is 0 Å². The van der Waals surface area contributed by atoms with E-state index in [0.717, 1.165) is 27.5 Å². The first-order valence-corrected chi connectivity index (χ1v) is 10.3. The van der Waals surface area contributed by atoms with Crippen molar-refractivity contribution < 1.29 is 9.53 Å². The minimum atomic E-state index is -0.473. The lowest BCUT2D eigenvalue weighted by Crippen LogP contribution is -2.26. The molecule has 4 aromatic rings. The standard InChI is InChI=1S/C28H22N2O2/c1-2-19-32-26-18-17-21-11-9-10-16-24(21)25(26)20-29-30-28(31)27(22-12-5-3-6-13-22)23-14-7-4-8-15-23/h1,3-18,20,27H,19H2,(H,30,31)/b29-20-. The van der Waals surface area contributed by atoms with Crippen molar-refractivity contribution >= 4 is 22.9 Å². The molecule has 4 nitrogen and oxygen atoms in total. The molecule has 0 heterocycles. The maximum Gasteiger partial charge on any atom is 0.252 e. The average molecular weight is 418 g/mol. The molecule has 0 aliphatic carbocycles. The van der Waals surface area contributed by atoms with Gasteiger partial charge in [0.05, 0.1) is 12.1 Å². The summed E-state index contributed by atoms with van der Waals surface area (Å²) in [4.78, 5) is 13.2. The van der Waals surface area contributed by atoms with E-state index >= 15 is 0 Å². The number of nitrogens with one attached hydrogen (secondary N) is 1. The number of hydrazone groups is 1. The summed E-state index contributed by atoms with van der Waals surface area (Å²) in [5.41, 5.74) is 5.27. The Morgan fingerprint density at radius 3 is 2.19 bits per heavy atom.